The van der Waals surface area contributed by atoms with Gasteiger partial charge in [0.15, 0.2) is 5.65 Å². The second-order valence-electron chi connectivity index (χ2n) is 6.74. The molecule has 0 spiro atoms. The number of halogens is 3. The number of rotatable bonds is 4. The third kappa shape index (κ3) is 4.26. The number of H-pyrrole nitrogens is 1. The number of hydrogen-bond donors (Lipinski definition) is 3. The zero-order valence-electron chi connectivity index (χ0n) is 16.1. The number of anilines is 1. The number of pyridine rings is 2. The summed E-state index contributed by atoms with van der Waals surface area (Å²) in [6.07, 6.45) is -3.88. The molecule has 0 unspecified atom stereocenters. The number of nitriles is 1. The summed E-state index contributed by atoms with van der Waals surface area (Å²) in [6.45, 7) is 0. The molecule has 1 atom stereocenters. The lowest BCUT2D eigenvalue weighted by molar-refractivity contribution is -0.137. The Bertz CT molecular complexity index is 1340. The van der Waals surface area contributed by atoms with Crippen molar-refractivity contribution in [3.05, 3.63) is 82.9 Å². The minimum Gasteiger partial charge on any atom is -0.380 e. The molecule has 0 aliphatic carbocycles. The second kappa shape index (κ2) is 8.09. The first-order valence-corrected chi connectivity index (χ1v) is 9.13. The van der Waals surface area contributed by atoms with Gasteiger partial charge in [0.1, 0.15) is 23.3 Å². The van der Waals surface area contributed by atoms with Gasteiger partial charge in [0.25, 0.3) is 5.91 Å². The van der Waals surface area contributed by atoms with Crippen molar-refractivity contribution < 1.29 is 23.1 Å². The van der Waals surface area contributed by atoms with Crippen LogP contribution in [0, 0.1) is 11.3 Å². The van der Waals surface area contributed by atoms with Gasteiger partial charge in [-0.1, -0.05) is 12.1 Å². The molecule has 0 aliphatic rings. The van der Waals surface area contributed by atoms with Crippen molar-refractivity contribution in [2.45, 2.75) is 12.3 Å². The van der Waals surface area contributed by atoms with E-state index in [-0.39, 0.29) is 28.4 Å². The van der Waals surface area contributed by atoms with Crippen LogP contribution in [0.1, 0.15) is 39.0 Å². The van der Waals surface area contributed by atoms with Crippen LogP contribution >= 0.6 is 0 Å². The first-order valence-electron chi connectivity index (χ1n) is 9.13. The van der Waals surface area contributed by atoms with E-state index in [1.807, 2.05) is 6.07 Å². The maximum Gasteiger partial charge on any atom is 0.417 e. The largest absolute Gasteiger partial charge is 0.417 e. The molecule has 11 heteroatoms. The normalized spacial score (nSPS) is 12.3. The molecule has 0 bridgehead atoms. The standard InChI is InChI=1S/C21H13F3N6O2/c22-21(23,24)14-7-15-18(27-10-14)30-19(28-15)17(31)13-4-5-16(26-9-13)29-20(32)12-3-1-2-11(6-12)8-25/h1-7,9-10,17,31H,(H,26,29,32)(H,27,28,30)/t17-/m1/s1. The maximum absolute atomic E-state index is 12.8. The number of carbonyl (C=O) groups excluding carboxylic acids is 1. The molecule has 1 amide bonds. The molecule has 3 heterocycles. The van der Waals surface area contributed by atoms with Crippen molar-refractivity contribution in [3.63, 3.8) is 0 Å². The molecule has 3 aromatic heterocycles. The van der Waals surface area contributed by atoms with Crippen molar-refractivity contribution in [2.75, 3.05) is 5.32 Å². The Labute approximate surface area is 178 Å². The molecule has 0 fully saturated rings. The highest BCUT2D eigenvalue weighted by molar-refractivity contribution is 6.03. The van der Waals surface area contributed by atoms with Crippen molar-refractivity contribution >= 4 is 22.9 Å². The topological polar surface area (TPSA) is 128 Å². The number of benzene rings is 1. The first kappa shape index (κ1) is 21.0. The Balaban J connectivity index is 1.51. The Kier molecular flexibility index (Phi) is 5.29. The van der Waals surface area contributed by atoms with Crippen molar-refractivity contribution in [3.8, 4) is 6.07 Å². The van der Waals surface area contributed by atoms with E-state index in [4.69, 9.17) is 5.26 Å². The van der Waals surface area contributed by atoms with Crippen LogP contribution in [0.2, 0.25) is 0 Å². The number of nitrogens with one attached hydrogen (secondary N) is 2. The molecule has 0 aliphatic heterocycles. The zero-order chi connectivity index (χ0) is 22.9. The third-order valence-corrected chi connectivity index (χ3v) is 4.54. The second-order valence-corrected chi connectivity index (χ2v) is 6.74. The van der Waals surface area contributed by atoms with E-state index in [2.05, 4.69) is 25.3 Å². The van der Waals surface area contributed by atoms with Crippen LogP contribution in [-0.4, -0.2) is 30.9 Å². The summed E-state index contributed by atoms with van der Waals surface area (Å²) in [4.78, 5) is 26.8. The molecule has 0 saturated carbocycles. The van der Waals surface area contributed by atoms with Gasteiger partial charge >= 0.3 is 6.18 Å². The predicted molar refractivity (Wildman–Crippen MR) is 106 cm³/mol. The van der Waals surface area contributed by atoms with Gasteiger partial charge in [-0.05, 0) is 30.3 Å². The quantitative estimate of drug-likeness (QED) is 0.447. The van der Waals surface area contributed by atoms with E-state index in [1.165, 1.54) is 24.4 Å². The molecule has 0 saturated heterocycles. The number of amides is 1. The number of aromatic nitrogens is 4. The van der Waals surface area contributed by atoms with Gasteiger partial charge in [0, 0.05) is 23.5 Å². The average Bonchev–Trinajstić information content (AvgIpc) is 3.22. The Hall–Kier alpha value is -4.30. The van der Waals surface area contributed by atoms with Gasteiger partial charge in [-0.25, -0.2) is 15.0 Å². The lowest BCUT2D eigenvalue weighted by Crippen LogP contribution is -2.13. The van der Waals surface area contributed by atoms with E-state index < -0.39 is 23.8 Å². The molecule has 0 radical (unpaired) electrons. The fourth-order valence-corrected chi connectivity index (χ4v) is 2.92. The van der Waals surface area contributed by atoms with Crippen LogP contribution < -0.4 is 5.32 Å². The minimum atomic E-state index is -4.56. The molecule has 32 heavy (non-hydrogen) atoms. The van der Waals surface area contributed by atoms with E-state index in [1.54, 1.807) is 18.2 Å². The van der Waals surface area contributed by atoms with Crippen molar-refractivity contribution in [1.82, 2.24) is 19.9 Å². The minimum absolute atomic E-state index is 0.00118. The van der Waals surface area contributed by atoms with E-state index in [0.29, 0.717) is 17.3 Å². The Morgan fingerprint density at radius 2 is 1.97 bits per heavy atom. The number of hydrogen-bond acceptors (Lipinski definition) is 6. The van der Waals surface area contributed by atoms with Gasteiger partial charge in [-0.3, -0.25) is 4.79 Å². The monoisotopic (exact) mass is 438 g/mol. The lowest BCUT2D eigenvalue weighted by atomic mass is 10.1. The molecule has 4 rings (SSSR count). The van der Waals surface area contributed by atoms with E-state index in [9.17, 15) is 23.1 Å². The van der Waals surface area contributed by atoms with Gasteiger partial charge in [-0.15, -0.1) is 0 Å². The fourth-order valence-electron chi connectivity index (χ4n) is 2.92. The summed E-state index contributed by atoms with van der Waals surface area (Å²) in [6, 6.07) is 11.9. The smallest absolute Gasteiger partial charge is 0.380 e. The number of alkyl halides is 3. The van der Waals surface area contributed by atoms with Crippen LogP contribution in [0.4, 0.5) is 19.0 Å². The lowest BCUT2D eigenvalue weighted by Gasteiger charge is -2.09. The van der Waals surface area contributed by atoms with Crippen LogP contribution in [0.25, 0.3) is 11.2 Å². The van der Waals surface area contributed by atoms with Crippen molar-refractivity contribution in [2.24, 2.45) is 0 Å². The van der Waals surface area contributed by atoms with Crippen LogP contribution in [0.15, 0.2) is 54.9 Å². The molecule has 1 aromatic carbocycles. The number of nitrogens with zero attached hydrogens (tertiary/aromatic N) is 4. The summed E-state index contributed by atoms with van der Waals surface area (Å²) in [5, 5.41) is 22.0. The van der Waals surface area contributed by atoms with Gasteiger partial charge in [-0.2, -0.15) is 18.4 Å². The number of fused-ring (bicyclic) bond motifs is 1. The van der Waals surface area contributed by atoms with Crippen LogP contribution in [0.3, 0.4) is 0 Å². The zero-order valence-corrected chi connectivity index (χ0v) is 16.1. The van der Waals surface area contributed by atoms with Crippen LogP contribution in [0.5, 0.6) is 0 Å². The van der Waals surface area contributed by atoms with Crippen molar-refractivity contribution in [1.29, 1.82) is 5.26 Å². The highest BCUT2D eigenvalue weighted by Gasteiger charge is 2.31. The van der Waals surface area contributed by atoms with E-state index in [0.717, 1.165) is 6.07 Å². The number of aliphatic hydroxyl groups excluding tert-OH is 1. The summed E-state index contributed by atoms with van der Waals surface area (Å²) in [5.74, 6) is -0.264. The molecular formula is C21H13F3N6O2. The highest BCUT2D eigenvalue weighted by Crippen LogP contribution is 2.30. The third-order valence-electron chi connectivity index (χ3n) is 4.54. The van der Waals surface area contributed by atoms with Crippen LogP contribution in [-0.2, 0) is 6.18 Å². The summed E-state index contributed by atoms with van der Waals surface area (Å²) in [5.41, 5.74) is 0.0349. The molecule has 4 aromatic rings. The van der Waals surface area contributed by atoms with E-state index >= 15 is 0 Å². The van der Waals surface area contributed by atoms with Gasteiger partial charge in [0.05, 0.1) is 17.2 Å². The predicted octanol–water partition coefficient (Wildman–Crippen LogP) is 3.58. The average molecular weight is 438 g/mol. The summed E-state index contributed by atoms with van der Waals surface area (Å²) >= 11 is 0. The first-order chi connectivity index (χ1) is 15.2. The summed E-state index contributed by atoms with van der Waals surface area (Å²) in [7, 11) is 0. The highest BCUT2D eigenvalue weighted by atomic mass is 19.4. The fraction of sp³-hybridized carbons (Fsp3) is 0.0952. The molecule has 3 N–H and O–H groups in total. The number of aliphatic hydroxyl groups is 1. The Morgan fingerprint density at radius 3 is 2.66 bits per heavy atom. The number of aromatic amines is 1. The SMILES string of the molecule is N#Cc1cccc(C(=O)Nc2ccc([C@@H](O)c3nc4cc(C(F)(F)F)cnc4[nH]3)cn2)c1. The summed E-state index contributed by atoms with van der Waals surface area (Å²) < 4.78 is 38.5. The molecule has 160 valence electrons. The Morgan fingerprint density at radius 1 is 1.16 bits per heavy atom. The molecule has 8 nitrogen and oxygen atoms in total. The number of carbonyl (C=O) groups is 1. The van der Waals surface area contributed by atoms with Gasteiger partial charge in [0.2, 0.25) is 0 Å². The maximum atomic E-state index is 12.8. The molecular weight excluding hydrogens is 425 g/mol. The number of imidazole rings is 1. The van der Waals surface area contributed by atoms with Gasteiger partial charge < -0.3 is 15.4 Å².